The molecule has 1 aliphatic rings. The van der Waals surface area contributed by atoms with Gasteiger partial charge in [0.05, 0.1) is 20.3 Å². The number of sulfonamides is 1. The van der Waals surface area contributed by atoms with Crippen molar-refractivity contribution < 1.29 is 22.7 Å². The lowest BCUT2D eigenvalue weighted by Crippen LogP contribution is -2.40. The van der Waals surface area contributed by atoms with Gasteiger partial charge in [0, 0.05) is 19.3 Å². The summed E-state index contributed by atoms with van der Waals surface area (Å²) in [7, 11) is -2.49. The van der Waals surface area contributed by atoms with E-state index in [1.165, 1.54) is 36.7 Å². The van der Waals surface area contributed by atoms with Crippen LogP contribution in [0.2, 0.25) is 0 Å². The Morgan fingerprint density at radius 2 is 2.13 bits per heavy atom. The van der Waals surface area contributed by atoms with E-state index in [1.54, 1.807) is 0 Å². The van der Waals surface area contributed by atoms with Gasteiger partial charge >= 0.3 is 5.97 Å². The number of esters is 1. The summed E-state index contributed by atoms with van der Waals surface area (Å²) in [4.78, 5) is 15.3. The highest BCUT2D eigenvalue weighted by atomic mass is 32.2. The summed E-state index contributed by atoms with van der Waals surface area (Å²) in [6.07, 6.45) is 1.43. The molecule has 1 N–H and O–H groups in total. The van der Waals surface area contributed by atoms with E-state index in [0.717, 1.165) is 0 Å². The molecule has 1 aromatic rings. The molecule has 1 aromatic heterocycles. The third-order valence-electron chi connectivity index (χ3n) is 3.17. The van der Waals surface area contributed by atoms with Crippen molar-refractivity contribution in [1.29, 1.82) is 0 Å². The average Bonchev–Trinajstić information content (AvgIpc) is 2.59. The molecule has 126 valence electrons. The van der Waals surface area contributed by atoms with Gasteiger partial charge < -0.3 is 9.47 Å². The van der Waals surface area contributed by atoms with Crippen LogP contribution in [0.4, 0.5) is 5.82 Å². The number of hydrazone groups is 1. The lowest BCUT2D eigenvalue weighted by atomic mass is 10.4. The average molecular weight is 342 g/mol. The molecule has 0 unspecified atom stereocenters. The van der Waals surface area contributed by atoms with Gasteiger partial charge in [0.15, 0.2) is 5.82 Å². The Balaban J connectivity index is 2.28. The van der Waals surface area contributed by atoms with Gasteiger partial charge in [0.2, 0.25) is 10.0 Å². The Kier molecular flexibility index (Phi) is 5.64. The topological polar surface area (TPSA) is 110 Å². The smallest absolute Gasteiger partial charge is 0.353 e. The first-order chi connectivity index (χ1) is 11.0. The Labute approximate surface area is 134 Å². The molecule has 1 fully saturated rings. The maximum Gasteiger partial charge on any atom is 0.353 e. The van der Waals surface area contributed by atoms with Gasteiger partial charge in [-0.2, -0.15) is 9.41 Å². The van der Waals surface area contributed by atoms with Gasteiger partial charge in [-0.3, -0.25) is 5.43 Å². The van der Waals surface area contributed by atoms with Crippen LogP contribution in [0.5, 0.6) is 0 Å². The highest BCUT2D eigenvalue weighted by Gasteiger charge is 2.29. The predicted molar refractivity (Wildman–Crippen MR) is 82.6 cm³/mol. The van der Waals surface area contributed by atoms with E-state index < -0.39 is 16.0 Å². The number of nitrogens with one attached hydrogen (secondary N) is 1. The Morgan fingerprint density at radius 1 is 1.43 bits per heavy atom. The molecule has 0 bridgehead atoms. The Hall–Kier alpha value is -2.04. The fourth-order valence-electron chi connectivity index (χ4n) is 1.94. The lowest BCUT2D eigenvalue weighted by Gasteiger charge is -2.26. The summed E-state index contributed by atoms with van der Waals surface area (Å²) in [6, 6.07) is 2.96. The molecule has 10 heteroatoms. The van der Waals surface area contributed by atoms with Gasteiger partial charge in [-0.1, -0.05) is 0 Å². The van der Waals surface area contributed by atoms with Crippen LogP contribution >= 0.6 is 0 Å². The lowest BCUT2D eigenvalue weighted by molar-refractivity contribution is -0.132. The standard InChI is InChI=1S/C13H18N4O5S/c1-10(13(18)21-2)15-16-12-11(4-3-5-14-12)23(19,20)17-6-8-22-9-7-17/h3-5H,6-9H2,1-2H3,(H,14,16)/b15-10+. The van der Waals surface area contributed by atoms with Crippen LogP contribution in [0.15, 0.2) is 28.3 Å². The van der Waals surface area contributed by atoms with Gasteiger partial charge in [0.1, 0.15) is 10.6 Å². The van der Waals surface area contributed by atoms with Crippen molar-refractivity contribution >= 4 is 27.5 Å². The molecule has 2 heterocycles. The van der Waals surface area contributed by atoms with Crippen molar-refractivity contribution in [1.82, 2.24) is 9.29 Å². The highest BCUT2D eigenvalue weighted by molar-refractivity contribution is 7.89. The molecule has 1 saturated heterocycles. The van der Waals surface area contributed by atoms with Crippen molar-refractivity contribution in [2.75, 3.05) is 38.8 Å². The molecule has 0 atom stereocenters. The third kappa shape index (κ3) is 4.03. The molecule has 1 aliphatic heterocycles. The summed E-state index contributed by atoms with van der Waals surface area (Å²) in [5.41, 5.74) is 2.56. The number of methoxy groups -OCH3 is 1. The van der Waals surface area contributed by atoms with Crippen LogP contribution in [0.3, 0.4) is 0 Å². The molecular formula is C13H18N4O5S. The molecular weight excluding hydrogens is 324 g/mol. The SMILES string of the molecule is COC(=O)/C(C)=N/Nc1ncccc1S(=O)(=O)N1CCOCC1. The van der Waals surface area contributed by atoms with Crippen LogP contribution in [0, 0.1) is 0 Å². The first kappa shape index (κ1) is 17.3. The zero-order valence-corrected chi connectivity index (χ0v) is 13.7. The number of anilines is 1. The fourth-order valence-corrected chi connectivity index (χ4v) is 3.44. The van der Waals surface area contributed by atoms with Gasteiger partial charge in [-0.05, 0) is 19.1 Å². The number of pyridine rings is 1. The molecule has 0 aromatic carbocycles. The summed E-state index contributed by atoms with van der Waals surface area (Å²) in [6.45, 7) is 2.70. The van der Waals surface area contributed by atoms with Crippen molar-refractivity contribution in [3.63, 3.8) is 0 Å². The van der Waals surface area contributed by atoms with E-state index in [1.807, 2.05) is 0 Å². The minimum atomic E-state index is -3.72. The predicted octanol–water partition coefficient (Wildman–Crippen LogP) is 0.0633. The Morgan fingerprint density at radius 3 is 2.78 bits per heavy atom. The fraction of sp³-hybridized carbons (Fsp3) is 0.462. The van der Waals surface area contributed by atoms with Crippen LogP contribution in [0.25, 0.3) is 0 Å². The maximum absolute atomic E-state index is 12.7. The first-order valence-corrected chi connectivity index (χ1v) is 8.32. The molecule has 2 rings (SSSR count). The number of hydrogen-bond acceptors (Lipinski definition) is 8. The number of ether oxygens (including phenoxy) is 2. The monoisotopic (exact) mass is 342 g/mol. The van der Waals surface area contributed by atoms with E-state index >= 15 is 0 Å². The number of aromatic nitrogens is 1. The molecule has 23 heavy (non-hydrogen) atoms. The second-order valence-electron chi connectivity index (χ2n) is 4.67. The zero-order chi connectivity index (χ0) is 16.9. The number of rotatable bonds is 5. The van der Waals surface area contributed by atoms with E-state index in [9.17, 15) is 13.2 Å². The first-order valence-electron chi connectivity index (χ1n) is 6.88. The summed E-state index contributed by atoms with van der Waals surface area (Å²) in [5, 5.41) is 3.81. The molecule has 0 saturated carbocycles. The molecule has 9 nitrogen and oxygen atoms in total. The number of carbonyl (C=O) groups is 1. The molecule has 0 radical (unpaired) electrons. The van der Waals surface area contributed by atoms with Gasteiger partial charge in [-0.25, -0.2) is 18.2 Å². The minimum absolute atomic E-state index is 0.0108. The zero-order valence-electron chi connectivity index (χ0n) is 12.9. The van der Waals surface area contributed by atoms with Crippen LogP contribution in [0.1, 0.15) is 6.92 Å². The quantitative estimate of drug-likeness (QED) is 0.458. The second kappa shape index (κ2) is 7.49. The normalized spacial score (nSPS) is 16.9. The third-order valence-corrected chi connectivity index (χ3v) is 5.10. The van der Waals surface area contributed by atoms with Crippen LogP contribution in [-0.2, 0) is 24.3 Å². The second-order valence-corrected chi connectivity index (χ2v) is 6.57. The molecule has 0 amide bonds. The van der Waals surface area contributed by atoms with E-state index in [4.69, 9.17) is 4.74 Å². The van der Waals surface area contributed by atoms with E-state index in [0.29, 0.717) is 13.2 Å². The summed E-state index contributed by atoms with van der Waals surface area (Å²) < 4.78 is 36.4. The van der Waals surface area contributed by atoms with Crippen molar-refractivity contribution in [3.05, 3.63) is 18.3 Å². The number of carbonyl (C=O) groups excluding carboxylic acids is 1. The maximum atomic E-state index is 12.7. The van der Waals surface area contributed by atoms with Crippen molar-refractivity contribution in [2.24, 2.45) is 5.10 Å². The van der Waals surface area contributed by atoms with E-state index in [2.05, 4.69) is 20.2 Å². The summed E-state index contributed by atoms with van der Waals surface area (Å²) >= 11 is 0. The molecule has 0 aliphatic carbocycles. The largest absolute Gasteiger partial charge is 0.464 e. The minimum Gasteiger partial charge on any atom is -0.464 e. The molecule has 0 spiro atoms. The Bertz CT molecular complexity index is 698. The van der Waals surface area contributed by atoms with Crippen LogP contribution in [-0.4, -0.2) is 62.8 Å². The van der Waals surface area contributed by atoms with Crippen molar-refractivity contribution in [3.8, 4) is 0 Å². The van der Waals surface area contributed by atoms with Crippen LogP contribution < -0.4 is 5.43 Å². The van der Waals surface area contributed by atoms with E-state index in [-0.39, 0.29) is 29.5 Å². The number of hydrogen-bond donors (Lipinski definition) is 1. The van der Waals surface area contributed by atoms with Crippen molar-refractivity contribution in [2.45, 2.75) is 11.8 Å². The van der Waals surface area contributed by atoms with Gasteiger partial charge in [-0.15, -0.1) is 0 Å². The highest BCUT2D eigenvalue weighted by Crippen LogP contribution is 2.23. The number of nitrogens with zero attached hydrogens (tertiary/aromatic N) is 3. The summed E-state index contributed by atoms with van der Waals surface area (Å²) in [5.74, 6) is -0.576. The number of morpholine rings is 1. The van der Waals surface area contributed by atoms with Gasteiger partial charge in [0.25, 0.3) is 0 Å².